The third-order valence-electron chi connectivity index (χ3n) is 2.20. The molecule has 0 unspecified atom stereocenters. The van der Waals surface area contributed by atoms with Gasteiger partial charge in [-0.15, -0.1) is 0 Å². The summed E-state index contributed by atoms with van der Waals surface area (Å²) in [5, 5.41) is 12.6. The Labute approximate surface area is 113 Å². The molecule has 6 heteroatoms. The maximum Gasteiger partial charge on any atom is 0.256 e. The molecule has 4 nitrogen and oxygen atoms in total. The molecule has 0 fully saturated rings. The second kappa shape index (κ2) is 5.25. The first-order valence-corrected chi connectivity index (χ1v) is 5.74. The molecular formula is C12H8Cl2N2O2. The number of anilines is 1. The molecule has 2 rings (SSSR count). The van der Waals surface area contributed by atoms with Crippen LogP contribution in [0.2, 0.25) is 10.0 Å². The summed E-state index contributed by atoms with van der Waals surface area (Å²) in [7, 11) is 0. The van der Waals surface area contributed by atoms with Crippen molar-refractivity contribution >= 4 is 34.9 Å². The summed E-state index contributed by atoms with van der Waals surface area (Å²) in [5.41, 5.74) is 0.328. The molecule has 2 N–H and O–H groups in total. The number of hydrogen-bond donors (Lipinski definition) is 2. The summed E-state index contributed by atoms with van der Waals surface area (Å²) in [6.07, 6.45) is 1.46. The van der Waals surface area contributed by atoms with Gasteiger partial charge in [-0.3, -0.25) is 4.79 Å². The predicted octanol–water partition coefficient (Wildman–Crippen LogP) is 3.35. The summed E-state index contributed by atoms with van der Waals surface area (Å²) < 4.78 is 0. The number of rotatable bonds is 2. The van der Waals surface area contributed by atoms with Crippen LogP contribution in [0.4, 0.5) is 5.82 Å². The van der Waals surface area contributed by atoms with E-state index in [9.17, 15) is 9.90 Å². The fraction of sp³-hybridized carbons (Fsp3) is 0. The molecule has 2 aromatic rings. The number of pyridine rings is 1. The molecule has 0 saturated carbocycles. The Kier molecular flexibility index (Phi) is 3.69. The lowest BCUT2D eigenvalue weighted by Gasteiger charge is -2.06. The van der Waals surface area contributed by atoms with Crippen molar-refractivity contribution in [1.82, 2.24) is 4.98 Å². The van der Waals surface area contributed by atoms with Gasteiger partial charge in [-0.05, 0) is 30.3 Å². The Morgan fingerprint density at radius 1 is 1.22 bits per heavy atom. The van der Waals surface area contributed by atoms with E-state index in [1.807, 2.05) is 0 Å². The fourth-order valence-corrected chi connectivity index (χ4v) is 1.61. The Bertz CT molecular complexity index is 602. The van der Waals surface area contributed by atoms with Gasteiger partial charge in [0, 0.05) is 11.8 Å². The fourth-order valence-electron chi connectivity index (χ4n) is 1.31. The smallest absolute Gasteiger partial charge is 0.256 e. The van der Waals surface area contributed by atoms with Crippen LogP contribution in [0.25, 0.3) is 0 Å². The minimum Gasteiger partial charge on any atom is -0.504 e. The van der Waals surface area contributed by atoms with Gasteiger partial charge in [0.1, 0.15) is 0 Å². The van der Waals surface area contributed by atoms with Crippen molar-refractivity contribution < 1.29 is 9.90 Å². The van der Waals surface area contributed by atoms with Gasteiger partial charge in [-0.25, -0.2) is 4.98 Å². The summed E-state index contributed by atoms with van der Waals surface area (Å²) in [6.45, 7) is 0. The summed E-state index contributed by atoms with van der Waals surface area (Å²) >= 11 is 11.6. The lowest BCUT2D eigenvalue weighted by molar-refractivity contribution is 0.102. The van der Waals surface area contributed by atoms with Crippen molar-refractivity contribution in [2.24, 2.45) is 0 Å². The molecule has 1 amide bonds. The maximum atomic E-state index is 11.9. The molecule has 0 aliphatic heterocycles. The zero-order valence-electron chi connectivity index (χ0n) is 9.02. The van der Waals surface area contributed by atoms with Gasteiger partial charge in [0.2, 0.25) is 0 Å². The van der Waals surface area contributed by atoms with Crippen molar-refractivity contribution in [3.05, 3.63) is 52.1 Å². The molecule has 0 bridgehead atoms. The van der Waals surface area contributed by atoms with E-state index in [4.69, 9.17) is 23.2 Å². The lowest BCUT2D eigenvalue weighted by Crippen LogP contribution is -2.12. The molecule has 1 heterocycles. The number of amides is 1. The van der Waals surface area contributed by atoms with Gasteiger partial charge < -0.3 is 10.4 Å². The second-order valence-corrected chi connectivity index (χ2v) is 4.27. The van der Waals surface area contributed by atoms with Gasteiger partial charge in [-0.2, -0.15) is 0 Å². The number of carbonyl (C=O) groups excluding carboxylic acids is 1. The number of nitrogens with one attached hydrogen (secondary N) is 1. The molecular weight excluding hydrogens is 275 g/mol. The van der Waals surface area contributed by atoms with E-state index in [0.717, 1.165) is 0 Å². The van der Waals surface area contributed by atoms with Crippen LogP contribution in [0.1, 0.15) is 10.4 Å². The van der Waals surface area contributed by atoms with Gasteiger partial charge >= 0.3 is 0 Å². The predicted molar refractivity (Wildman–Crippen MR) is 70.3 cm³/mol. The number of aromatic hydroxyl groups is 1. The Hall–Kier alpha value is -1.78. The highest BCUT2D eigenvalue weighted by molar-refractivity contribution is 6.42. The Balaban J connectivity index is 2.22. The van der Waals surface area contributed by atoms with E-state index in [1.54, 1.807) is 6.07 Å². The van der Waals surface area contributed by atoms with Crippen LogP contribution in [0, 0.1) is 0 Å². The Morgan fingerprint density at radius 3 is 2.67 bits per heavy atom. The molecule has 0 aliphatic rings. The zero-order chi connectivity index (χ0) is 13.1. The summed E-state index contributed by atoms with van der Waals surface area (Å²) in [5.74, 6) is -0.443. The van der Waals surface area contributed by atoms with E-state index in [0.29, 0.717) is 10.6 Å². The van der Waals surface area contributed by atoms with Crippen LogP contribution in [0.5, 0.6) is 5.75 Å². The zero-order valence-corrected chi connectivity index (χ0v) is 10.5. The number of halogens is 2. The monoisotopic (exact) mass is 282 g/mol. The lowest BCUT2D eigenvalue weighted by atomic mass is 10.2. The van der Waals surface area contributed by atoms with Gasteiger partial charge in [0.15, 0.2) is 11.6 Å². The maximum absolute atomic E-state index is 11.9. The average Bonchev–Trinajstić information content (AvgIpc) is 2.35. The molecule has 92 valence electrons. The quantitative estimate of drug-likeness (QED) is 0.888. The van der Waals surface area contributed by atoms with Crippen LogP contribution in [0.15, 0.2) is 36.5 Å². The minimum atomic E-state index is -0.428. The largest absolute Gasteiger partial charge is 0.504 e. The van der Waals surface area contributed by atoms with Crippen molar-refractivity contribution in [1.29, 1.82) is 0 Å². The molecule has 1 aromatic heterocycles. The topological polar surface area (TPSA) is 62.2 Å². The van der Waals surface area contributed by atoms with E-state index in [-0.39, 0.29) is 16.6 Å². The second-order valence-electron chi connectivity index (χ2n) is 3.45. The van der Waals surface area contributed by atoms with Gasteiger partial charge in [-0.1, -0.05) is 23.2 Å². The molecule has 1 aromatic carbocycles. The van der Waals surface area contributed by atoms with E-state index >= 15 is 0 Å². The standard InChI is InChI=1S/C12H8Cl2N2O2/c13-8-4-3-7(6-9(8)14)12(18)16-11-10(17)2-1-5-15-11/h1-6,17H,(H,15,16,18). The van der Waals surface area contributed by atoms with E-state index < -0.39 is 5.91 Å². The molecule has 0 atom stereocenters. The van der Waals surface area contributed by atoms with Crippen LogP contribution >= 0.6 is 23.2 Å². The molecule has 0 aliphatic carbocycles. The number of benzene rings is 1. The van der Waals surface area contributed by atoms with Crippen LogP contribution in [0.3, 0.4) is 0 Å². The normalized spacial score (nSPS) is 10.1. The summed E-state index contributed by atoms with van der Waals surface area (Å²) in [6, 6.07) is 7.49. The highest BCUT2D eigenvalue weighted by atomic mass is 35.5. The van der Waals surface area contributed by atoms with Gasteiger partial charge in [0.25, 0.3) is 5.91 Å². The molecule has 0 spiro atoms. The number of aromatic nitrogens is 1. The molecule has 0 saturated heterocycles. The molecule has 0 radical (unpaired) electrons. The summed E-state index contributed by atoms with van der Waals surface area (Å²) in [4.78, 5) is 15.7. The van der Waals surface area contributed by atoms with Crippen LogP contribution < -0.4 is 5.32 Å². The van der Waals surface area contributed by atoms with Crippen molar-refractivity contribution in [2.75, 3.05) is 5.32 Å². The van der Waals surface area contributed by atoms with E-state index in [2.05, 4.69) is 10.3 Å². The first-order valence-electron chi connectivity index (χ1n) is 4.98. The highest BCUT2D eigenvalue weighted by Gasteiger charge is 2.10. The van der Waals surface area contributed by atoms with Crippen LogP contribution in [-0.2, 0) is 0 Å². The third kappa shape index (κ3) is 2.72. The average molecular weight is 283 g/mol. The number of carbonyl (C=O) groups is 1. The third-order valence-corrected chi connectivity index (χ3v) is 2.94. The molecule has 18 heavy (non-hydrogen) atoms. The van der Waals surface area contributed by atoms with E-state index in [1.165, 1.54) is 30.5 Å². The first-order chi connectivity index (χ1) is 8.58. The highest BCUT2D eigenvalue weighted by Crippen LogP contribution is 2.24. The SMILES string of the molecule is O=C(Nc1ncccc1O)c1ccc(Cl)c(Cl)c1. The number of hydrogen-bond acceptors (Lipinski definition) is 3. The number of nitrogens with zero attached hydrogens (tertiary/aromatic N) is 1. The van der Waals surface area contributed by atoms with Crippen molar-refractivity contribution in [2.45, 2.75) is 0 Å². The van der Waals surface area contributed by atoms with Crippen molar-refractivity contribution in [3.63, 3.8) is 0 Å². The Morgan fingerprint density at radius 2 is 2.00 bits per heavy atom. The van der Waals surface area contributed by atoms with Crippen LogP contribution in [-0.4, -0.2) is 16.0 Å². The van der Waals surface area contributed by atoms with Crippen molar-refractivity contribution in [3.8, 4) is 5.75 Å². The van der Waals surface area contributed by atoms with Gasteiger partial charge in [0.05, 0.1) is 10.0 Å². The first kappa shape index (κ1) is 12.7. The minimum absolute atomic E-state index is 0.0913.